The first-order valence-electron chi connectivity index (χ1n) is 5.51. The second-order valence-electron chi connectivity index (χ2n) is 5.39. The van der Waals surface area contributed by atoms with Gasteiger partial charge in [0.1, 0.15) is 5.72 Å². The highest BCUT2D eigenvalue weighted by molar-refractivity contribution is 5.36. The van der Waals surface area contributed by atoms with E-state index in [0.29, 0.717) is 0 Å². The highest BCUT2D eigenvalue weighted by atomic mass is 16.3. The smallest absolute Gasteiger partial charge is 0.143 e. The molecule has 1 aromatic rings. The summed E-state index contributed by atoms with van der Waals surface area (Å²) in [5.74, 6) is 0. The molecule has 1 unspecified atom stereocenters. The zero-order valence-electron chi connectivity index (χ0n) is 9.67. The fourth-order valence-electron chi connectivity index (χ4n) is 2.34. The molecule has 1 aromatic carbocycles. The summed E-state index contributed by atoms with van der Waals surface area (Å²) in [7, 11) is 0. The third-order valence-electron chi connectivity index (χ3n) is 2.80. The molecule has 2 nitrogen and oxygen atoms in total. The molecule has 0 fully saturated rings. The molecule has 0 amide bonds. The van der Waals surface area contributed by atoms with Crippen LogP contribution < -0.4 is 5.32 Å². The number of nitrogens with one attached hydrogen (secondary N) is 1. The van der Waals surface area contributed by atoms with Gasteiger partial charge in [0.25, 0.3) is 0 Å². The summed E-state index contributed by atoms with van der Waals surface area (Å²) in [4.78, 5) is 0. The largest absolute Gasteiger partial charge is 0.372 e. The first kappa shape index (κ1) is 10.7. The van der Waals surface area contributed by atoms with Crippen LogP contribution in [-0.4, -0.2) is 10.6 Å². The Balaban J connectivity index is 2.33. The van der Waals surface area contributed by atoms with Crippen LogP contribution in [0.3, 0.4) is 0 Å². The van der Waals surface area contributed by atoms with Crippen molar-refractivity contribution < 1.29 is 5.11 Å². The Kier molecular flexibility index (Phi) is 2.36. The number of fused-ring (bicyclic) bond motifs is 1. The van der Waals surface area contributed by atoms with Gasteiger partial charge in [-0.05, 0) is 39.2 Å². The zero-order chi connectivity index (χ0) is 11.1. The normalized spacial score (nSPS) is 25.3. The lowest BCUT2D eigenvalue weighted by atomic mass is 10.00. The minimum atomic E-state index is -0.838. The molecule has 15 heavy (non-hydrogen) atoms. The summed E-state index contributed by atoms with van der Waals surface area (Å²) in [6.45, 7) is 6.23. The van der Waals surface area contributed by atoms with E-state index in [1.165, 1.54) is 5.56 Å². The van der Waals surface area contributed by atoms with E-state index in [1.54, 1.807) is 0 Å². The van der Waals surface area contributed by atoms with Crippen LogP contribution in [-0.2, 0) is 12.1 Å². The van der Waals surface area contributed by atoms with Crippen molar-refractivity contribution in [2.24, 2.45) is 0 Å². The Hall–Kier alpha value is -0.860. The van der Waals surface area contributed by atoms with Gasteiger partial charge in [-0.15, -0.1) is 0 Å². The van der Waals surface area contributed by atoms with Gasteiger partial charge >= 0.3 is 0 Å². The lowest BCUT2D eigenvalue weighted by Crippen LogP contribution is -2.50. The van der Waals surface area contributed by atoms with Crippen molar-refractivity contribution in [1.82, 2.24) is 5.32 Å². The zero-order valence-corrected chi connectivity index (χ0v) is 9.67. The summed E-state index contributed by atoms with van der Waals surface area (Å²) in [5.41, 5.74) is 1.39. The second-order valence-corrected chi connectivity index (χ2v) is 5.39. The lowest BCUT2D eigenvalue weighted by molar-refractivity contribution is -0.0205. The molecule has 1 atom stereocenters. The highest BCUT2D eigenvalue weighted by Crippen LogP contribution is 2.35. The molecule has 0 saturated carbocycles. The summed E-state index contributed by atoms with van der Waals surface area (Å²) in [6, 6.07) is 8.12. The number of aliphatic hydroxyl groups is 1. The van der Waals surface area contributed by atoms with Crippen molar-refractivity contribution in [3.8, 4) is 0 Å². The van der Waals surface area contributed by atoms with Crippen LogP contribution in [0.4, 0.5) is 0 Å². The molecule has 0 radical (unpaired) electrons. The van der Waals surface area contributed by atoms with E-state index in [1.807, 2.05) is 18.2 Å². The van der Waals surface area contributed by atoms with E-state index in [4.69, 9.17) is 0 Å². The van der Waals surface area contributed by atoms with E-state index in [0.717, 1.165) is 18.4 Å². The Bertz CT molecular complexity index is 367. The van der Waals surface area contributed by atoms with Gasteiger partial charge in [-0.3, -0.25) is 5.32 Å². The average Bonchev–Trinajstić information content (AvgIpc) is 2.42. The van der Waals surface area contributed by atoms with Gasteiger partial charge in [0.15, 0.2) is 0 Å². The van der Waals surface area contributed by atoms with Crippen molar-refractivity contribution in [2.75, 3.05) is 0 Å². The lowest BCUT2D eigenvalue weighted by Gasteiger charge is -2.34. The summed E-state index contributed by atoms with van der Waals surface area (Å²) >= 11 is 0. The third kappa shape index (κ3) is 2.06. The maximum atomic E-state index is 10.6. The van der Waals surface area contributed by atoms with Crippen LogP contribution in [0.2, 0.25) is 0 Å². The van der Waals surface area contributed by atoms with Crippen LogP contribution >= 0.6 is 0 Å². The van der Waals surface area contributed by atoms with Gasteiger partial charge in [0.2, 0.25) is 0 Å². The summed E-state index contributed by atoms with van der Waals surface area (Å²) in [6.07, 6.45) is 1.72. The van der Waals surface area contributed by atoms with E-state index in [2.05, 4.69) is 32.2 Å². The Morgan fingerprint density at radius 3 is 2.60 bits per heavy atom. The van der Waals surface area contributed by atoms with E-state index in [9.17, 15) is 5.11 Å². The van der Waals surface area contributed by atoms with Crippen molar-refractivity contribution in [3.05, 3.63) is 35.4 Å². The molecule has 0 heterocycles. The monoisotopic (exact) mass is 205 g/mol. The predicted octanol–water partition coefficient (Wildman–Crippen LogP) is 2.17. The van der Waals surface area contributed by atoms with E-state index >= 15 is 0 Å². The van der Waals surface area contributed by atoms with Crippen LogP contribution in [0, 0.1) is 0 Å². The standard InChI is InChI=1S/C13H19NO/c1-12(2,3)14-13(15)9-8-10-6-4-5-7-11(10)13/h4-7,14-15H,8-9H2,1-3H3. The molecule has 0 saturated heterocycles. The average molecular weight is 205 g/mol. The van der Waals surface area contributed by atoms with Crippen LogP contribution in [0.5, 0.6) is 0 Å². The second kappa shape index (κ2) is 3.32. The van der Waals surface area contributed by atoms with Crippen molar-refractivity contribution in [1.29, 1.82) is 0 Å². The number of benzene rings is 1. The Labute approximate surface area is 91.3 Å². The van der Waals surface area contributed by atoms with E-state index < -0.39 is 5.72 Å². The van der Waals surface area contributed by atoms with Crippen LogP contribution in [0.25, 0.3) is 0 Å². The number of rotatable bonds is 1. The molecule has 0 spiro atoms. The van der Waals surface area contributed by atoms with Gasteiger partial charge in [0.05, 0.1) is 0 Å². The first-order valence-corrected chi connectivity index (χ1v) is 5.51. The van der Waals surface area contributed by atoms with Gasteiger partial charge in [-0.2, -0.15) is 0 Å². The molecule has 2 heteroatoms. The van der Waals surface area contributed by atoms with Crippen LogP contribution in [0.15, 0.2) is 24.3 Å². The van der Waals surface area contributed by atoms with Crippen LogP contribution in [0.1, 0.15) is 38.3 Å². The maximum Gasteiger partial charge on any atom is 0.143 e. The molecule has 82 valence electrons. The van der Waals surface area contributed by atoms with Gasteiger partial charge in [-0.25, -0.2) is 0 Å². The molecule has 0 aromatic heterocycles. The Morgan fingerprint density at radius 1 is 1.27 bits per heavy atom. The number of hydrogen-bond acceptors (Lipinski definition) is 2. The van der Waals surface area contributed by atoms with Gasteiger partial charge in [0, 0.05) is 11.1 Å². The van der Waals surface area contributed by atoms with Gasteiger partial charge < -0.3 is 5.11 Å². The highest BCUT2D eigenvalue weighted by Gasteiger charge is 2.38. The predicted molar refractivity (Wildman–Crippen MR) is 61.5 cm³/mol. The summed E-state index contributed by atoms with van der Waals surface area (Å²) < 4.78 is 0. The third-order valence-corrected chi connectivity index (χ3v) is 2.80. The molecular weight excluding hydrogens is 186 g/mol. The molecule has 2 rings (SSSR count). The SMILES string of the molecule is CC(C)(C)NC1(O)CCc2ccccc21. The van der Waals surface area contributed by atoms with Gasteiger partial charge in [-0.1, -0.05) is 24.3 Å². The minimum Gasteiger partial charge on any atom is -0.372 e. The molecule has 0 aliphatic heterocycles. The fourth-order valence-corrected chi connectivity index (χ4v) is 2.34. The Morgan fingerprint density at radius 2 is 1.93 bits per heavy atom. The van der Waals surface area contributed by atoms with E-state index in [-0.39, 0.29) is 5.54 Å². The maximum absolute atomic E-state index is 10.6. The summed E-state index contributed by atoms with van der Waals surface area (Å²) in [5, 5.41) is 13.9. The number of aryl methyl sites for hydroxylation is 1. The fraction of sp³-hybridized carbons (Fsp3) is 0.538. The molecule has 0 bridgehead atoms. The molecule has 2 N–H and O–H groups in total. The molecule has 1 aliphatic rings. The van der Waals surface area contributed by atoms with Crippen molar-refractivity contribution in [3.63, 3.8) is 0 Å². The first-order chi connectivity index (χ1) is 6.91. The van der Waals surface area contributed by atoms with Crippen molar-refractivity contribution in [2.45, 2.75) is 44.9 Å². The molecule has 1 aliphatic carbocycles. The molecular formula is C13H19NO. The quantitative estimate of drug-likeness (QED) is 0.689. The topological polar surface area (TPSA) is 32.3 Å². The number of hydrogen-bond donors (Lipinski definition) is 2. The minimum absolute atomic E-state index is 0.0772. The van der Waals surface area contributed by atoms with Crippen molar-refractivity contribution >= 4 is 0 Å².